The molecule has 402 valence electrons. The lowest BCUT2D eigenvalue weighted by molar-refractivity contribution is -0.167. The number of esters is 3. The van der Waals surface area contributed by atoms with E-state index in [1.807, 2.05) is 0 Å². The quantitative estimate of drug-likeness (QED) is 0.0262. The molecule has 69 heavy (non-hydrogen) atoms. The van der Waals surface area contributed by atoms with E-state index in [0.717, 1.165) is 83.5 Å². The van der Waals surface area contributed by atoms with E-state index in [0.29, 0.717) is 19.3 Å². The highest BCUT2D eigenvalue weighted by Gasteiger charge is 2.19. The number of allylic oxidation sites excluding steroid dienone is 8. The summed E-state index contributed by atoms with van der Waals surface area (Å²) in [6, 6.07) is 0. The van der Waals surface area contributed by atoms with E-state index in [9.17, 15) is 14.4 Å². The monoisotopic (exact) mass is 967 g/mol. The minimum atomic E-state index is -0.765. The van der Waals surface area contributed by atoms with E-state index in [4.69, 9.17) is 14.2 Å². The van der Waals surface area contributed by atoms with Crippen LogP contribution in [0.4, 0.5) is 0 Å². The van der Waals surface area contributed by atoms with Crippen LogP contribution in [0.3, 0.4) is 0 Å². The van der Waals surface area contributed by atoms with Crippen molar-refractivity contribution in [2.45, 2.75) is 322 Å². The molecule has 0 heterocycles. The third-order valence-corrected chi connectivity index (χ3v) is 13.3. The standard InChI is InChI=1S/C63H114O6/c1-4-7-10-13-16-18-20-22-24-26-27-28-29-30-31-32-33-34-35-36-37-38-40-41-43-45-47-50-53-56-62(65)68-59-60(58-67-61(64)55-52-49-15-12-9-6-3)69-63(66)57-54-51-48-46-44-42-39-25-23-21-19-17-14-11-8-5-2/h7,10,16,18,22,24,27-28,60H,4-6,8-9,11-15,17,19-21,23,25-26,29-59H2,1-3H3/b10-7-,18-16-,24-22-,28-27-. The lowest BCUT2D eigenvalue weighted by Crippen LogP contribution is -2.30. The van der Waals surface area contributed by atoms with E-state index >= 15 is 0 Å². The smallest absolute Gasteiger partial charge is 0.306 e. The van der Waals surface area contributed by atoms with Crippen LogP contribution in [0.25, 0.3) is 0 Å². The zero-order valence-corrected chi connectivity index (χ0v) is 46.1. The first-order chi connectivity index (χ1) is 34.0. The van der Waals surface area contributed by atoms with Crippen LogP contribution in [0.15, 0.2) is 48.6 Å². The Bertz CT molecular complexity index is 1200. The first-order valence-electron chi connectivity index (χ1n) is 30.1. The molecule has 0 saturated carbocycles. The fourth-order valence-corrected chi connectivity index (χ4v) is 8.85. The van der Waals surface area contributed by atoms with Gasteiger partial charge in [-0.15, -0.1) is 0 Å². The molecule has 0 aliphatic heterocycles. The maximum atomic E-state index is 12.8. The maximum absolute atomic E-state index is 12.8. The average Bonchev–Trinajstić information content (AvgIpc) is 3.35. The van der Waals surface area contributed by atoms with E-state index in [-0.39, 0.29) is 31.1 Å². The molecule has 0 radical (unpaired) electrons. The Morgan fingerprint density at radius 1 is 0.304 bits per heavy atom. The molecular weight excluding hydrogens is 853 g/mol. The van der Waals surface area contributed by atoms with Gasteiger partial charge in [-0.3, -0.25) is 14.4 Å². The van der Waals surface area contributed by atoms with Crippen molar-refractivity contribution in [1.82, 2.24) is 0 Å². The SMILES string of the molecule is CC/C=C\C/C=C\C/C=C\C/C=C\CCCCCCCCCCCCCCCCCCC(=O)OCC(COC(=O)CCCCCCCC)OC(=O)CCCCCCCCCCCCCCCCCC. The zero-order valence-electron chi connectivity index (χ0n) is 46.1. The lowest BCUT2D eigenvalue weighted by Gasteiger charge is -2.18. The summed E-state index contributed by atoms with van der Waals surface area (Å²) < 4.78 is 16.8. The first kappa shape index (κ1) is 66.4. The first-order valence-corrected chi connectivity index (χ1v) is 30.1. The Kier molecular flexibility index (Phi) is 55.7. The summed E-state index contributed by atoms with van der Waals surface area (Å²) in [6.07, 6.45) is 71.5. The predicted octanol–water partition coefficient (Wildman–Crippen LogP) is 20.2. The number of carbonyl (C=O) groups excluding carboxylic acids is 3. The molecule has 0 aliphatic carbocycles. The summed E-state index contributed by atoms with van der Waals surface area (Å²) in [5.41, 5.74) is 0. The molecule has 0 fully saturated rings. The van der Waals surface area contributed by atoms with Crippen molar-refractivity contribution in [3.63, 3.8) is 0 Å². The van der Waals surface area contributed by atoms with Gasteiger partial charge < -0.3 is 14.2 Å². The van der Waals surface area contributed by atoms with Gasteiger partial charge in [0.05, 0.1) is 0 Å². The van der Waals surface area contributed by atoms with E-state index in [1.165, 1.54) is 193 Å². The van der Waals surface area contributed by atoms with Gasteiger partial charge in [0.1, 0.15) is 13.2 Å². The van der Waals surface area contributed by atoms with Crippen molar-refractivity contribution in [2.24, 2.45) is 0 Å². The molecule has 6 heteroatoms. The topological polar surface area (TPSA) is 78.9 Å². The second-order valence-electron chi connectivity index (χ2n) is 20.2. The molecule has 0 spiro atoms. The molecule has 0 bridgehead atoms. The minimum Gasteiger partial charge on any atom is -0.462 e. The second-order valence-corrected chi connectivity index (χ2v) is 20.2. The van der Waals surface area contributed by atoms with Crippen LogP contribution < -0.4 is 0 Å². The summed E-state index contributed by atoms with van der Waals surface area (Å²) in [7, 11) is 0. The molecular formula is C63H114O6. The van der Waals surface area contributed by atoms with Crippen LogP contribution in [0.2, 0.25) is 0 Å². The highest BCUT2D eigenvalue weighted by molar-refractivity contribution is 5.71. The Balaban J connectivity index is 4.01. The average molecular weight is 968 g/mol. The summed E-state index contributed by atoms with van der Waals surface area (Å²) in [4.78, 5) is 37.9. The van der Waals surface area contributed by atoms with Crippen molar-refractivity contribution in [3.8, 4) is 0 Å². The molecule has 0 rings (SSSR count). The van der Waals surface area contributed by atoms with Crippen LogP contribution in [-0.2, 0) is 28.6 Å². The molecule has 0 N–H and O–H groups in total. The number of hydrogen-bond acceptors (Lipinski definition) is 6. The maximum Gasteiger partial charge on any atom is 0.306 e. The largest absolute Gasteiger partial charge is 0.462 e. The molecule has 1 unspecified atom stereocenters. The van der Waals surface area contributed by atoms with E-state index in [2.05, 4.69) is 69.4 Å². The molecule has 0 aromatic rings. The summed E-state index contributed by atoms with van der Waals surface area (Å²) in [5, 5.41) is 0. The summed E-state index contributed by atoms with van der Waals surface area (Å²) in [5.74, 6) is -0.860. The second kappa shape index (κ2) is 57.9. The van der Waals surface area contributed by atoms with E-state index in [1.54, 1.807) is 0 Å². The number of hydrogen-bond donors (Lipinski definition) is 0. The van der Waals surface area contributed by atoms with Gasteiger partial charge in [-0.2, -0.15) is 0 Å². The number of rotatable bonds is 55. The van der Waals surface area contributed by atoms with Crippen LogP contribution >= 0.6 is 0 Å². The lowest BCUT2D eigenvalue weighted by atomic mass is 10.0. The van der Waals surface area contributed by atoms with Crippen LogP contribution in [-0.4, -0.2) is 37.2 Å². The van der Waals surface area contributed by atoms with Gasteiger partial charge in [-0.05, 0) is 57.8 Å². The fourth-order valence-electron chi connectivity index (χ4n) is 8.85. The molecule has 6 nitrogen and oxygen atoms in total. The molecule has 0 saturated heterocycles. The molecule has 0 amide bonds. The molecule has 0 aromatic heterocycles. The van der Waals surface area contributed by atoms with Gasteiger partial charge in [-0.1, -0.05) is 288 Å². The van der Waals surface area contributed by atoms with Crippen LogP contribution in [0, 0.1) is 0 Å². The Morgan fingerprint density at radius 2 is 0.565 bits per heavy atom. The normalized spacial score (nSPS) is 12.3. The number of ether oxygens (including phenoxy) is 3. The highest BCUT2D eigenvalue weighted by Crippen LogP contribution is 2.17. The third kappa shape index (κ3) is 56.2. The van der Waals surface area contributed by atoms with Crippen molar-refractivity contribution >= 4 is 17.9 Å². The number of carbonyl (C=O) groups is 3. The van der Waals surface area contributed by atoms with Crippen LogP contribution in [0.5, 0.6) is 0 Å². The Labute approximate surface area is 428 Å². The van der Waals surface area contributed by atoms with Gasteiger partial charge in [-0.25, -0.2) is 0 Å². The van der Waals surface area contributed by atoms with Crippen LogP contribution in [0.1, 0.15) is 316 Å². The van der Waals surface area contributed by atoms with Gasteiger partial charge in [0.25, 0.3) is 0 Å². The number of unbranched alkanes of at least 4 members (excludes halogenated alkanes) is 36. The van der Waals surface area contributed by atoms with Gasteiger partial charge >= 0.3 is 17.9 Å². The Hall–Kier alpha value is -2.63. The molecule has 0 aliphatic rings. The van der Waals surface area contributed by atoms with Gasteiger partial charge in [0.2, 0.25) is 0 Å². The van der Waals surface area contributed by atoms with Crippen molar-refractivity contribution in [3.05, 3.63) is 48.6 Å². The zero-order chi connectivity index (χ0) is 50.0. The molecule has 0 aromatic carbocycles. The van der Waals surface area contributed by atoms with E-state index < -0.39 is 6.10 Å². The summed E-state index contributed by atoms with van der Waals surface area (Å²) in [6.45, 7) is 6.51. The van der Waals surface area contributed by atoms with Crippen molar-refractivity contribution in [1.29, 1.82) is 0 Å². The predicted molar refractivity (Wildman–Crippen MR) is 298 cm³/mol. The Morgan fingerprint density at radius 3 is 0.884 bits per heavy atom. The van der Waals surface area contributed by atoms with Gasteiger partial charge in [0.15, 0.2) is 6.10 Å². The fraction of sp³-hybridized carbons (Fsp3) is 0.825. The minimum absolute atomic E-state index is 0.0679. The third-order valence-electron chi connectivity index (χ3n) is 13.3. The summed E-state index contributed by atoms with van der Waals surface area (Å²) >= 11 is 0. The molecule has 1 atom stereocenters. The van der Waals surface area contributed by atoms with Crippen molar-refractivity contribution < 1.29 is 28.6 Å². The highest BCUT2D eigenvalue weighted by atomic mass is 16.6. The van der Waals surface area contributed by atoms with Gasteiger partial charge in [0, 0.05) is 19.3 Å². The van der Waals surface area contributed by atoms with Crippen molar-refractivity contribution in [2.75, 3.05) is 13.2 Å².